The van der Waals surface area contributed by atoms with E-state index < -0.39 is 0 Å². The highest BCUT2D eigenvalue weighted by atomic mass is 16.5. The minimum absolute atomic E-state index is 0.159. The number of carbonyl (C=O) groups excluding carboxylic acids is 1. The lowest BCUT2D eigenvalue weighted by atomic mass is 9.68. The van der Waals surface area contributed by atoms with Gasteiger partial charge in [0.15, 0.2) is 0 Å². The molecule has 1 heterocycles. The smallest absolute Gasteiger partial charge is 0.251 e. The number of piperidine rings is 1. The highest BCUT2D eigenvalue weighted by Gasteiger charge is 2.37. The van der Waals surface area contributed by atoms with Crippen LogP contribution in [-0.4, -0.2) is 30.0 Å². The lowest BCUT2D eigenvalue weighted by Gasteiger charge is -2.44. The Bertz CT molecular complexity index is 498. The Hall–Kier alpha value is -1.35. The van der Waals surface area contributed by atoms with Crippen LogP contribution in [-0.2, 0) is 16.1 Å². The molecule has 2 aliphatic rings. The van der Waals surface area contributed by atoms with Gasteiger partial charge in [-0.05, 0) is 43.6 Å². The molecule has 23 heavy (non-hydrogen) atoms. The molecule has 0 radical (unpaired) electrons. The summed E-state index contributed by atoms with van der Waals surface area (Å²) in [6.07, 6.45) is 8.91. The Balaban J connectivity index is 1.46. The fraction of sp³-hybridized carbons (Fsp3) is 0.650. The molecule has 1 saturated heterocycles. The van der Waals surface area contributed by atoms with Gasteiger partial charge in [0, 0.05) is 13.1 Å². The van der Waals surface area contributed by atoms with Crippen molar-refractivity contribution >= 4 is 5.91 Å². The first-order valence-electron chi connectivity index (χ1n) is 9.13. The second-order valence-corrected chi connectivity index (χ2v) is 7.32. The van der Waals surface area contributed by atoms with Crippen LogP contribution in [0.4, 0.5) is 0 Å². The molecule has 1 amide bonds. The predicted octanol–water partition coefficient (Wildman–Crippen LogP) is 4.16. The van der Waals surface area contributed by atoms with E-state index in [4.69, 9.17) is 4.74 Å². The number of carbonyl (C=O) groups is 1. The maximum atomic E-state index is 12.6. The summed E-state index contributed by atoms with van der Waals surface area (Å²) in [6, 6.07) is 10.1. The zero-order chi connectivity index (χ0) is 16.1. The Morgan fingerprint density at radius 1 is 1.09 bits per heavy atom. The van der Waals surface area contributed by atoms with Crippen molar-refractivity contribution in [1.82, 2.24) is 4.90 Å². The summed E-state index contributed by atoms with van der Waals surface area (Å²) < 4.78 is 5.79. The fourth-order valence-electron chi connectivity index (χ4n) is 4.13. The minimum Gasteiger partial charge on any atom is -0.364 e. The lowest BCUT2D eigenvalue weighted by Crippen LogP contribution is -2.47. The van der Waals surface area contributed by atoms with Gasteiger partial charge in [-0.25, -0.2) is 0 Å². The highest BCUT2D eigenvalue weighted by Crippen LogP contribution is 2.44. The van der Waals surface area contributed by atoms with Gasteiger partial charge in [0.1, 0.15) is 6.10 Å². The summed E-state index contributed by atoms with van der Waals surface area (Å²) in [7, 11) is 0. The van der Waals surface area contributed by atoms with Crippen molar-refractivity contribution in [3.05, 3.63) is 35.9 Å². The molecule has 1 unspecified atom stereocenters. The quantitative estimate of drug-likeness (QED) is 0.835. The van der Waals surface area contributed by atoms with Crippen LogP contribution in [0.5, 0.6) is 0 Å². The van der Waals surface area contributed by atoms with Crippen LogP contribution in [0.1, 0.15) is 57.4 Å². The maximum Gasteiger partial charge on any atom is 0.251 e. The molecule has 0 bridgehead atoms. The molecular weight excluding hydrogens is 286 g/mol. The normalized spacial score (nSPS) is 22.0. The molecule has 1 spiro atoms. The van der Waals surface area contributed by atoms with Gasteiger partial charge in [0.2, 0.25) is 0 Å². The summed E-state index contributed by atoms with van der Waals surface area (Å²) in [5, 5.41) is 0. The maximum absolute atomic E-state index is 12.6. The van der Waals surface area contributed by atoms with Crippen molar-refractivity contribution in [3.8, 4) is 0 Å². The molecule has 126 valence electrons. The Morgan fingerprint density at radius 3 is 2.39 bits per heavy atom. The summed E-state index contributed by atoms with van der Waals surface area (Å²) in [6.45, 7) is 4.22. The van der Waals surface area contributed by atoms with E-state index in [1.54, 1.807) is 0 Å². The lowest BCUT2D eigenvalue weighted by molar-refractivity contribution is -0.146. The standard InChI is InChI=1S/C20H29NO2/c1-17(23-16-18-8-4-2-5-9-18)19(22)21-14-12-20(13-15-21)10-6-3-7-11-20/h2,4-5,8-9,17H,3,6-7,10-16H2,1H3. The molecule has 0 N–H and O–H groups in total. The van der Waals surface area contributed by atoms with Crippen molar-refractivity contribution in [2.75, 3.05) is 13.1 Å². The van der Waals surface area contributed by atoms with E-state index >= 15 is 0 Å². The molecule has 1 saturated carbocycles. The van der Waals surface area contributed by atoms with E-state index in [1.807, 2.05) is 42.2 Å². The van der Waals surface area contributed by atoms with Gasteiger partial charge in [-0.3, -0.25) is 4.79 Å². The third-order valence-corrected chi connectivity index (χ3v) is 5.74. The van der Waals surface area contributed by atoms with E-state index in [2.05, 4.69) is 0 Å². The fourth-order valence-corrected chi connectivity index (χ4v) is 4.13. The van der Waals surface area contributed by atoms with Crippen LogP contribution in [0.25, 0.3) is 0 Å². The highest BCUT2D eigenvalue weighted by molar-refractivity contribution is 5.80. The van der Waals surface area contributed by atoms with E-state index in [0.717, 1.165) is 18.7 Å². The Morgan fingerprint density at radius 2 is 1.74 bits per heavy atom. The van der Waals surface area contributed by atoms with Gasteiger partial charge >= 0.3 is 0 Å². The van der Waals surface area contributed by atoms with Gasteiger partial charge in [0.25, 0.3) is 5.91 Å². The average molecular weight is 315 g/mol. The second-order valence-electron chi connectivity index (χ2n) is 7.32. The van der Waals surface area contributed by atoms with Crippen molar-refractivity contribution in [2.45, 2.75) is 64.6 Å². The third-order valence-electron chi connectivity index (χ3n) is 5.74. The molecule has 2 fully saturated rings. The number of rotatable bonds is 4. The minimum atomic E-state index is -0.351. The number of hydrogen-bond acceptors (Lipinski definition) is 2. The zero-order valence-electron chi connectivity index (χ0n) is 14.3. The summed E-state index contributed by atoms with van der Waals surface area (Å²) in [5.41, 5.74) is 1.66. The van der Waals surface area contributed by atoms with E-state index in [-0.39, 0.29) is 12.0 Å². The molecule has 1 atom stereocenters. The molecule has 3 rings (SSSR count). The molecule has 0 aromatic heterocycles. The number of likely N-dealkylation sites (tertiary alicyclic amines) is 1. The summed E-state index contributed by atoms with van der Waals surface area (Å²) in [5.74, 6) is 0.159. The van der Waals surface area contributed by atoms with E-state index in [1.165, 1.54) is 44.9 Å². The van der Waals surface area contributed by atoms with Crippen LogP contribution in [0.15, 0.2) is 30.3 Å². The van der Waals surface area contributed by atoms with Crippen LogP contribution in [0.3, 0.4) is 0 Å². The number of nitrogens with zero attached hydrogens (tertiary/aromatic N) is 1. The van der Waals surface area contributed by atoms with E-state index in [9.17, 15) is 4.79 Å². The van der Waals surface area contributed by atoms with Gasteiger partial charge in [-0.1, -0.05) is 49.6 Å². The molecule has 1 aromatic carbocycles. The zero-order valence-corrected chi connectivity index (χ0v) is 14.3. The number of benzene rings is 1. The summed E-state index contributed by atoms with van der Waals surface area (Å²) in [4.78, 5) is 14.6. The van der Waals surface area contributed by atoms with Crippen molar-refractivity contribution in [3.63, 3.8) is 0 Å². The van der Waals surface area contributed by atoms with Crippen LogP contribution in [0, 0.1) is 5.41 Å². The van der Waals surface area contributed by atoms with Gasteiger partial charge < -0.3 is 9.64 Å². The van der Waals surface area contributed by atoms with Crippen molar-refractivity contribution < 1.29 is 9.53 Å². The van der Waals surface area contributed by atoms with Crippen molar-refractivity contribution in [1.29, 1.82) is 0 Å². The topological polar surface area (TPSA) is 29.5 Å². The van der Waals surface area contributed by atoms with Gasteiger partial charge in [-0.15, -0.1) is 0 Å². The molecule has 3 nitrogen and oxygen atoms in total. The Kier molecular flexibility index (Phi) is 5.37. The average Bonchev–Trinajstić information content (AvgIpc) is 2.61. The third kappa shape index (κ3) is 4.14. The largest absolute Gasteiger partial charge is 0.364 e. The van der Waals surface area contributed by atoms with Crippen LogP contribution < -0.4 is 0 Å². The molecule has 1 aromatic rings. The number of hydrogen-bond donors (Lipinski definition) is 0. The number of ether oxygens (including phenoxy) is 1. The van der Waals surface area contributed by atoms with Crippen LogP contribution >= 0.6 is 0 Å². The molecule has 1 aliphatic carbocycles. The van der Waals surface area contributed by atoms with Gasteiger partial charge in [-0.2, -0.15) is 0 Å². The first-order chi connectivity index (χ1) is 11.2. The SMILES string of the molecule is CC(OCc1ccccc1)C(=O)N1CCC2(CCCCC2)CC1. The first kappa shape index (κ1) is 16.5. The number of amides is 1. The molecule has 1 aliphatic heterocycles. The second kappa shape index (κ2) is 7.48. The Labute approximate surface area is 140 Å². The molecular formula is C20H29NO2. The van der Waals surface area contributed by atoms with Crippen LogP contribution in [0.2, 0.25) is 0 Å². The monoisotopic (exact) mass is 315 g/mol. The summed E-state index contributed by atoms with van der Waals surface area (Å²) >= 11 is 0. The predicted molar refractivity (Wildman–Crippen MR) is 92.0 cm³/mol. The molecule has 3 heteroatoms. The van der Waals surface area contributed by atoms with E-state index in [0.29, 0.717) is 12.0 Å². The van der Waals surface area contributed by atoms with Gasteiger partial charge in [0.05, 0.1) is 6.61 Å². The van der Waals surface area contributed by atoms with Crippen molar-refractivity contribution in [2.24, 2.45) is 5.41 Å². The first-order valence-corrected chi connectivity index (χ1v) is 9.13.